The molecule has 6 nitrogen and oxygen atoms in total. The predicted octanol–water partition coefficient (Wildman–Crippen LogP) is 3.86. The molecule has 0 aliphatic carbocycles. The third-order valence-corrected chi connectivity index (χ3v) is 5.94. The number of carbonyl (C=O) groups is 1. The maximum Gasteiger partial charge on any atom is 0.471 e. The first-order valence-corrected chi connectivity index (χ1v) is 10.0. The molecule has 2 aromatic carbocycles. The molecular formula is C22H19F3N4O2. The van der Waals surface area contributed by atoms with Crippen LogP contribution in [0.5, 0.6) is 0 Å². The number of halogens is 3. The fourth-order valence-corrected chi connectivity index (χ4v) is 4.44. The molecule has 0 unspecified atom stereocenters. The summed E-state index contributed by atoms with van der Waals surface area (Å²) in [7, 11) is 0. The fourth-order valence-electron chi connectivity index (χ4n) is 4.44. The molecule has 1 aromatic heterocycles. The van der Waals surface area contributed by atoms with Gasteiger partial charge >= 0.3 is 12.1 Å². The zero-order chi connectivity index (χ0) is 21.6. The Morgan fingerprint density at radius 1 is 1.13 bits per heavy atom. The Balaban J connectivity index is 1.43. The van der Waals surface area contributed by atoms with Crippen LogP contribution in [0.2, 0.25) is 0 Å². The minimum atomic E-state index is -4.71. The van der Waals surface area contributed by atoms with Crippen LogP contribution >= 0.6 is 0 Å². The summed E-state index contributed by atoms with van der Waals surface area (Å²) >= 11 is 0. The van der Waals surface area contributed by atoms with E-state index in [0.717, 1.165) is 25.1 Å². The van der Waals surface area contributed by atoms with Gasteiger partial charge in [-0.2, -0.15) is 18.2 Å². The molecule has 1 fully saturated rings. The van der Waals surface area contributed by atoms with Gasteiger partial charge in [0.2, 0.25) is 5.82 Å². The first kappa shape index (κ1) is 19.7. The number of nitrogens with one attached hydrogen (secondary N) is 1. The van der Waals surface area contributed by atoms with Crippen LogP contribution < -0.4 is 5.32 Å². The van der Waals surface area contributed by atoms with Gasteiger partial charge in [-0.05, 0) is 30.2 Å². The number of alkyl halides is 3. The van der Waals surface area contributed by atoms with E-state index >= 15 is 0 Å². The average molecular weight is 428 g/mol. The minimum absolute atomic E-state index is 0.0361. The lowest BCUT2D eigenvalue weighted by atomic mass is 9.86. The maximum atomic E-state index is 13.3. The Morgan fingerprint density at radius 2 is 1.94 bits per heavy atom. The zero-order valence-electron chi connectivity index (χ0n) is 16.4. The molecule has 0 saturated carbocycles. The first-order chi connectivity index (χ1) is 14.9. The van der Waals surface area contributed by atoms with E-state index in [1.807, 2.05) is 23.1 Å². The minimum Gasteiger partial charge on any atom is -0.331 e. The molecule has 3 aromatic rings. The van der Waals surface area contributed by atoms with E-state index < -0.39 is 12.1 Å². The number of benzene rings is 2. The molecule has 9 heteroatoms. The first-order valence-electron chi connectivity index (χ1n) is 10.0. The van der Waals surface area contributed by atoms with Gasteiger partial charge in [0.15, 0.2) is 0 Å². The third-order valence-electron chi connectivity index (χ3n) is 5.94. The van der Waals surface area contributed by atoms with Crippen molar-refractivity contribution in [3.63, 3.8) is 0 Å². The lowest BCUT2D eigenvalue weighted by Gasteiger charge is -2.38. The molecule has 0 spiro atoms. The SMILES string of the molecule is O=C1c2cc(-c3noc(C(F)(F)F)n3)ccc2CN1[C@H]1CCNC[C@H]1c1ccccc1. The smallest absolute Gasteiger partial charge is 0.331 e. The summed E-state index contributed by atoms with van der Waals surface area (Å²) in [6.07, 6.45) is -3.89. The Morgan fingerprint density at radius 3 is 2.68 bits per heavy atom. The van der Waals surface area contributed by atoms with Crippen molar-refractivity contribution in [3.05, 3.63) is 71.1 Å². The highest BCUT2D eigenvalue weighted by Gasteiger charge is 2.40. The van der Waals surface area contributed by atoms with Crippen molar-refractivity contribution >= 4 is 5.91 Å². The molecule has 3 heterocycles. The number of piperidine rings is 1. The van der Waals surface area contributed by atoms with E-state index in [1.165, 1.54) is 5.56 Å². The summed E-state index contributed by atoms with van der Waals surface area (Å²) in [6, 6.07) is 15.1. The van der Waals surface area contributed by atoms with Crippen LogP contribution in [0.3, 0.4) is 0 Å². The lowest BCUT2D eigenvalue weighted by molar-refractivity contribution is -0.159. The molecule has 0 bridgehead atoms. The monoisotopic (exact) mass is 428 g/mol. The van der Waals surface area contributed by atoms with Gasteiger partial charge in [0.1, 0.15) is 0 Å². The number of carbonyl (C=O) groups excluding carboxylic acids is 1. The maximum absolute atomic E-state index is 13.3. The zero-order valence-corrected chi connectivity index (χ0v) is 16.4. The highest BCUT2D eigenvalue weighted by molar-refractivity contribution is 5.99. The molecule has 1 amide bonds. The third kappa shape index (κ3) is 3.59. The van der Waals surface area contributed by atoms with Gasteiger partial charge in [0, 0.05) is 36.2 Å². The summed E-state index contributed by atoms with van der Waals surface area (Å²) in [5.74, 6) is -1.55. The summed E-state index contributed by atoms with van der Waals surface area (Å²) in [5.41, 5.74) is 2.81. The van der Waals surface area contributed by atoms with Gasteiger partial charge in [-0.15, -0.1) is 0 Å². The van der Waals surface area contributed by atoms with Crippen molar-refractivity contribution in [1.82, 2.24) is 20.4 Å². The van der Waals surface area contributed by atoms with Crippen LogP contribution in [0.4, 0.5) is 13.2 Å². The van der Waals surface area contributed by atoms with Gasteiger partial charge in [-0.3, -0.25) is 4.79 Å². The van der Waals surface area contributed by atoms with Crippen LogP contribution in [0.1, 0.15) is 39.7 Å². The van der Waals surface area contributed by atoms with Crippen LogP contribution in [0.15, 0.2) is 53.1 Å². The number of rotatable bonds is 3. The van der Waals surface area contributed by atoms with Gasteiger partial charge in [-0.1, -0.05) is 47.6 Å². The summed E-state index contributed by atoms with van der Waals surface area (Å²) in [6.45, 7) is 2.08. The molecule has 2 aliphatic heterocycles. The molecule has 1 saturated heterocycles. The molecule has 0 radical (unpaired) electrons. The molecule has 1 N–H and O–H groups in total. The number of hydrogen-bond donors (Lipinski definition) is 1. The van der Waals surface area contributed by atoms with E-state index in [0.29, 0.717) is 17.7 Å². The Hall–Kier alpha value is -3.20. The second kappa shape index (κ2) is 7.49. The normalized spacial score (nSPS) is 21.4. The summed E-state index contributed by atoms with van der Waals surface area (Å²) in [4.78, 5) is 18.6. The van der Waals surface area contributed by atoms with Crippen molar-refractivity contribution in [2.24, 2.45) is 0 Å². The Labute approximate surface area is 176 Å². The van der Waals surface area contributed by atoms with Crippen molar-refractivity contribution in [2.75, 3.05) is 13.1 Å². The standard InChI is InChI=1S/C22H19F3N4O2/c23-22(24,25)21-27-19(28-31-21)14-6-7-15-12-29(20(30)16(15)10-14)18-8-9-26-11-17(18)13-4-2-1-3-5-13/h1-7,10,17-18,26H,8-9,11-12H2/t17-,18-/m0/s1. The highest BCUT2D eigenvalue weighted by atomic mass is 19.4. The van der Waals surface area contributed by atoms with Crippen molar-refractivity contribution in [2.45, 2.75) is 31.1 Å². The van der Waals surface area contributed by atoms with Gasteiger partial charge in [0.25, 0.3) is 5.91 Å². The van der Waals surface area contributed by atoms with Crippen LogP contribution in [0.25, 0.3) is 11.4 Å². The predicted molar refractivity (Wildman–Crippen MR) is 105 cm³/mol. The number of hydrogen-bond acceptors (Lipinski definition) is 5. The second-order valence-electron chi connectivity index (χ2n) is 7.80. The summed E-state index contributed by atoms with van der Waals surface area (Å²) < 4.78 is 42.6. The summed E-state index contributed by atoms with van der Waals surface area (Å²) in [5, 5.41) is 6.84. The molecule has 2 aliphatic rings. The number of aromatic nitrogens is 2. The highest BCUT2D eigenvalue weighted by Crippen LogP contribution is 2.36. The number of nitrogens with zero attached hydrogens (tertiary/aromatic N) is 3. The number of fused-ring (bicyclic) bond motifs is 1. The average Bonchev–Trinajstić information content (AvgIpc) is 3.40. The Kier molecular flexibility index (Phi) is 4.77. The van der Waals surface area contributed by atoms with E-state index in [4.69, 9.17) is 0 Å². The van der Waals surface area contributed by atoms with E-state index in [2.05, 4.69) is 32.1 Å². The molecule has 160 valence electrons. The van der Waals surface area contributed by atoms with Crippen LogP contribution in [-0.4, -0.2) is 40.1 Å². The molecule has 31 heavy (non-hydrogen) atoms. The molecular weight excluding hydrogens is 409 g/mol. The van der Waals surface area contributed by atoms with Gasteiger partial charge < -0.3 is 14.7 Å². The van der Waals surface area contributed by atoms with Gasteiger partial charge in [-0.25, -0.2) is 0 Å². The lowest BCUT2D eigenvalue weighted by Crippen LogP contribution is -2.48. The number of amides is 1. The van der Waals surface area contributed by atoms with Crippen molar-refractivity contribution in [3.8, 4) is 11.4 Å². The molecule has 2 atom stereocenters. The second-order valence-corrected chi connectivity index (χ2v) is 7.80. The fraction of sp³-hybridized carbons (Fsp3) is 0.318. The quantitative estimate of drug-likeness (QED) is 0.686. The van der Waals surface area contributed by atoms with Crippen LogP contribution in [0, 0.1) is 0 Å². The van der Waals surface area contributed by atoms with E-state index in [-0.39, 0.29) is 23.7 Å². The molecule has 5 rings (SSSR count). The topological polar surface area (TPSA) is 71.3 Å². The largest absolute Gasteiger partial charge is 0.471 e. The van der Waals surface area contributed by atoms with Crippen LogP contribution in [-0.2, 0) is 12.7 Å². The van der Waals surface area contributed by atoms with E-state index in [1.54, 1.807) is 18.2 Å². The van der Waals surface area contributed by atoms with Gasteiger partial charge in [0.05, 0.1) is 0 Å². The van der Waals surface area contributed by atoms with Crippen molar-refractivity contribution < 1.29 is 22.5 Å². The Bertz CT molecular complexity index is 1110. The van der Waals surface area contributed by atoms with E-state index in [9.17, 15) is 18.0 Å². The van der Waals surface area contributed by atoms with Crippen molar-refractivity contribution in [1.29, 1.82) is 0 Å².